The largest absolute Gasteiger partial charge is 0.479 e. The van der Waals surface area contributed by atoms with Crippen molar-refractivity contribution in [2.45, 2.75) is 44.6 Å². The fourth-order valence-corrected chi connectivity index (χ4v) is 4.46. The number of carboxylic acid groups (broad SMARTS) is 1. The molecule has 0 bridgehead atoms. The minimum Gasteiger partial charge on any atom is -0.479 e. The number of carbonyl (C=O) groups excluding carboxylic acids is 1. The number of nitrogens with one attached hydrogen (secondary N) is 2. The number of amides is 2. The number of hydrogen-bond acceptors (Lipinski definition) is 6. The Hall–Kier alpha value is -1.71. The Bertz CT molecular complexity index is 667. The Kier molecular flexibility index (Phi) is 4.99. The molecule has 1 aliphatic carbocycles. The van der Waals surface area contributed by atoms with Crippen molar-refractivity contribution in [1.29, 1.82) is 0 Å². The molecule has 1 fully saturated rings. The van der Waals surface area contributed by atoms with Crippen LogP contribution in [0.1, 0.15) is 36.8 Å². The minimum atomic E-state index is -2.01. The summed E-state index contributed by atoms with van der Waals surface area (Å²) in [5.41, 5.74) is -0.665. The average molecular weight is 369 g/mol. The molecule has 2 amide bonds. The number of aryl methyl sites for hydroxylation is 1. The number of fused-ring (bicyclic) bond motifs is 1. The van der Waals surface area contributed by atoms with E-state index >= 15 is 0 Å². The minimum absolute atomic E-state index is 0.303. The van der Waals surface area contributed by atoms with Crippen LogP contribution >= 0.6 is 11.3 Å². The predicted molar refractivity (Wildman–Crippen MR) is 91.9 cm³/mol. The number of aliphatic carboxylic acids is 1. The zero-order chi connectivity index (χ0) is 18.1. The number of ether oxygens (including phenoxy) is 1. The van der Waals surface area contributed by atoms with Crippen LogP contribution in [0.4, 0.5) is 9.93 Å². The van der Waals surface area contributed by atoms with Gasteiger partial charge in [0.25, 0.3) is 0 Å². The van der Waals surface area contributed by atoms with Crippen LogP contribution in [0.2, 0.25) is 0 Å². The van der Waals surface area contributed by atoms with Gasteiger partial charge in [0, 0.05) is 18.1 Å². The van der Waals surface area contributed by atoms with Crippen molar-refractivity contribution >= 4 is 28.5 Å². The zero-order valence-electron chi connectivity index (χ0n) is 14.1. The standard InChI is InChI=1S/C16H23N3O5S/c1-15(23,12(20)21)9-17-13(22)19-14-18-10-2-3-16(8-11(10)25-14)4-6-24-7-5-16/h23H,2-9H2,1H3,(H,20,21)(H2,17,18,19,22). The van der Waals surface area contributed by atoms with Crippen molar-refractivity contribution in [1.82, 2.24) is 10.3 Å². The molecule has 0 radical (unpaired) electrons. The Morgan fingerprint density at radius 2 is 2.08 bits per heavy atom. The summed E-state index contributed by atoms with van der Waals surface area (Å²) in [5, 5.41) is 23.9. The molecule has 1 aliphatic heterocycles. The lowest BCUT2D eigenvalue weighted by Crippen LogP contribution is -2.47. The van der Waals surface area contributed by atoms with Crippen LogP contribution in [-0.4, -0.2) is 52.6 Å². The van der Waals surface area contributed by atoms with Gasteiger partial charge in [-0.05, 0) is 44.4 Å². The van der Waals surface area contributed by atoms with Crippen LogP contribution in [-0.2, 0) is 22.4 Å². The van der Waals surface area contributed by atoms with Crippen LogP contribution in [0.3, 0.4) is 0 Å². The van der Waals surface area contributed by atoms with E-state index in [0.717, 1.165) is 57.9 Å². The predicted octanol–water partition coefficient (Wildman–Crippen LogP) is 1.39. The van der Waals surface area contributed by atoms with Gasteiger partial charge in [-0.3, -0.25) is 5.32 Å². The fourth-order valence-electron chi connectivity index (χ4n) is 3.28. The maximum atomic E-state index is 11.9. The van der Waals surface area contributed by atoms with E-state index in [1.54, 1.807) is 0 Å². The molecule has 4 N–H and O–H groups in total. The van der Waals surface area contributed by atoms with Gasteiger partial charge in [-0.15, -0.1) is 11.3 Å². The van der Waals surface area contributed by atoms with Gasteiger partial charge >= 0.3 is 12.0 Å². The first-order chi connectivity index (χ1) is 11.8. The van der Waals surface area contributed by atoms with Crippen molar-refractivity contribution in [3.05, 3.63) is 10.6 Å². The van der Waals surface area contributed by atoms with Crippen molar-refractivity contribution in [3.63, 3.8) is 0 Å². The first kappa shape index (κ1) is 18.1. The molecule has 1 aromatic rings. The van der Waals surface area contributed by atoms with E-state index in [4.69, 9.17) is 9.84 Å². The molecule has 0 aromatic carbocycles. The van der Waals surface area contributed by atoms with E-state index in [2.05, 4.69) is 15.6 Å². The van der Waals surface area contributed by atoms with Gasteiger partial charge in [-0.1, -0.05) is 0 Å². The molecule has 3 rings (SSSR count). The molecule has 138 valence electrons. The molecular formula is C16H23N3O5S. The van der Waals surface area contributed by atoms with Gasteiger partial charge in [0.15, 0.2) is 10.7 Å². The van der Waals surface area contributed by atoms with E-state index in [1.165, 1.54) is 16.2 Å². The normalized spacial score (nSPS) is 21.2. The average Bonchev–Trinajstić information content (AvgIpc) is 2.94. The lowest BCUT2D eigenvalue weighted by atomic mass is 9.70. The summed E-state index contributed by atoms with van der Waals surface area (Å²) in [5.74, 6) is -1.39. The molecule has 0 saturated carbocycles. The van der Waals surface area contributed by atoms with Crippen LogP contribution in [0, 0.1) is 5.41 Å². The Morgan fingerprint density at radius 3 is 2.76 bits per heavy atom. The van der Waals surface area contributed by atoms with Gasteiger partial charge < -0.3 is 20.3 Å². The summed E-state index contributed by atoms with van der Waals surface area (Å²) in [6, 6.07) is -0.576. The maximum Gasteiger partial charge on any atom is 0.337 e. The molecule has 2 aliphatic rings. The van der Waals surface area contributed by atoms with Crippen molar-refractivity contribution < 1.29 is 24.5 Å². The summed E-state index contributed by atoms with van der Waals surface area (Å²) < 4.78 is 5.47. The molecule has 1 spiro atoms. The number of carbonyl (C=O) groups is 2. The third-order valence-corrected chi connectivity index (χ3v) is 6.05. The fraction of sp³-hybridized carbons (Fsp3) is 0.688. The first-order valence-corrected chi connectivity index (χ1v) is 9.18. The molecular weight excluding hydrogens is 346 g/mol. The quantitative estimate of drug-likeness (QED) is 0.636. The Labute approximate surface area is 149 Å². The summed E-state index contributed by atoms with van der Waals surface area (Å²) >= 11 is 1.47. The highest BCUT2D eigenvalue weighted by atomic mass is 32.1. The van der Waals surface area contributed by atoms with Gasteiger partial charge in [0.1, 0.15) is 0 Å². The summed E-state index contributed by atoms with van der Waals surface area (Å²) in [7, 11) is 0. The number of nitrogens with zero attached hydrogens (tertiary/aromatic N) is 1. The second-order valence-electron chi connectivity index (χ2n) is 7.06. The van der Waals surface area contributed by atoms with E-state index < -0.39 is 17.6 Å². The van der Waals surface area contributed by atoms with Gasteiger partial charge in [0.05, 0.1) is 12.2 Å². The zero-order valence-corrected chi connectivity index (χ0v) is 14.9. The van der Waals surface area contributed by atoms with Gasteiger partial charge in [-0.2, -0.15) is 0 Å². The number of hydrogen-bond donors (Lipinski definition) is 4. The number of aromatic nitrogens is 1. The van der Waals surface area contributed by atoms with Crippen molar-refractivity contribution in [2.75, 3.05) is 25.1 Å². The third-order valence-electron chi connectivity index (χ3n) is 5.03. The summed E-state index contributed by atoms with van der Waals surface area (Å²) in [6.45, 7) is 2.36. The van der Waals surface area contributed by atoms with Crippen LogP contribution < -0.4 is 10.6 Å². The summed E-state index contributed by atoms with van der Waals surface area (Å²) in [6.07, 6.45) is 5.11. The van der Waals surface area contributed by atoms with Crippen molar-refractivity contribution in [3.8, 4) is 0 Å². The van der Waals surface area contributed by atoms with Crippen LogP contribution in [0.25, 0.3) is 0 Å². The van der Waals surface area contributed by atoms with Crippen LogP contribution in [0.15, 0.2) is 0 Å². The van der Waals surface area contributed by atoms with E-state index in [0.29, 0.717) is 10.5 Å². The topological polar surface area (TPSA) is 121 Å². The SMILES string of the molecule is CC(O)(CNC(=O)Nc1nc2c(s1)CC1(CCOCC1)CC2)C(=O)O. The second-order valence-corrected chi connectivity index (χ2v) is 8.15. The molecule has 9 heteroatoms. The van der Waals surface area contributed by atoms with Crippen molar-refractivity contribution in [2.24, 2.45) is 5.41 Å². The highest BCUT2D eigenvalue weighted by Gasteiger charge is 2.37. The molecule has 8 nitrogen and oxygen atoms in total. The summed E-state index contributed by atoms with van der Waals surface area (Å²) in [4.78, 5) is 28.4. The molecule has 1 saturated heterocycles. The molecule has 1 aromatic heterocycles. The maximum absolute atomic E-state index is 11.9. The lowest BCUT2D eigenvalue weighted by Gasteiger charge is -2.39. The van der Waals surface area contributed by atoms with Gasteiger partial charge in [-0.25, -0.2) is 14.6 Å². The number of carboxylic acids is 1. The Balaban J connectivity index is 1.58. The highest BCUT2D eigenvalue weighted by molar-refractivity contribution is 7.15. The molecule has 25 heavy (non-hydrogen) atoms. The highest BCUT2D eigenvalue weighted by Crippen LogP contribution is 2.45. The van der Waals surface area contributed by atoms with E-state index in [9.17, 15) is 14.7 Å². The number of thiazole rings is 1. The number of anilines is 1. The number of aliphatic hydroxyl groups is 1. The second kappa shape index (κ2) is 6.89. The van der Waals surface area contributed by atoms with E-state index in [1.807, 2.05) is 0 Å². The number of urea groups is 1. The first-order valence-electron chi connectivity index (χ1n) is 8.37. The monoisotopic (exact) mass is 369 g/mol. The number of rotatable bonds is 4. The Morgan fingerprint density at radius 1 is 1.36 bits per heavy atom. The molecule has 1 atom stereocenters. The lowest BCUT2D eigenvalue weighted by molar-refractivity contribution is -0.155. The van der Waals surface area contributed by atoms with Gasteiger partial charge in [0.2, 0.25) is 0 Å². The van der Waals surface area contributed by atoms with E-state index in [-0.39, 0.29) is 6.54 Å². The molecule has 1 unspecified atom stereocenters. The third kappa shape index (κ3) is 4.10. The smallest absolute Gasteiger partial charge is 0.337 e. The molecule has 2 heterocycles. The van der Waals surface area contributed by atoms with Crippen LogP contribution in [0.5, 0.6) is 0 Å².